The lowest BCUT2D eigenvalue weighted by Gasteiger charge is -2.43. The van der Waals surface area contributed by atoms with Crippen molar-refractivity contribution in [2.75, 3.05) is 36.9 Å². The van der Waals surface area contributed by atoms with Crippen molar-refractivity contribution in [3.8, 4) is 0 Å². The van der Waals surface area contributed by atoms with Crippen molar-refractivity contribution < 1.29 is 4.79 Å². The molecule has 0 aliphatic carbocycles. The predicted octanol–water partition coefficient (Wildman–Crippen LogP) is 3.36. The molecule has 2 aliphatic heterocycles. The Hall–Kier alpha value is -2.56. The van der Waals surface area contributed by atoms with Gasteiger partial charge in [-0.05, 0) is 36.8 Å². The topological polar surface area (TPSA) is 48.5 Å². The van der Waals surface area contributed by atoms with E-state index in [2.05, 4.69) is 52.3 Å². The number of pyridine rings is 1. The van der Waals surface area contributed by atoms with E-state index in [9.17, 15) is 4.79 Å². The zero-order valence-electron chi connectivity index (χ0n) is 16.9. The second-order valence-electron chi connectivity index (χ2n) is 8.10. The number of aromatic nitrogens is 1. The number of hydrogen-bond donors (Lipinski definition) is 1. The molecule has 2 aliphatic rings. The van der Waals surface area contributed by atoms with Gasteiger partial charge in [0.2, 0.25) is 5.91 Å². The lowest BCUT2D eigenvalue weighted by molar-refractivity contribution is -0.132. The van der Waals surface area contributed by atoms with Crippen molar-refractivity contribution in [3.63, 3.8) is 0 Å². The Morgan fingerprint density at radius 3 is 2.93 bits per heavy atom. The van der Waals surface area contributed by atoms with Crippen molar-refractivity contribution in [3.05, 3.63) is 53.7 Å². The summed E-state index contributed by atoms with van der Waals surface area (Å²) in [6, 6.07) is 12.7. The molecule has 1 unspecified atom stereocenters. The van der Waals surface area contributed by atoms with Crippen LogP contribution < -0.4 is 10.2 Å². The molecule has 1 amide bonds. The van der Waals surface area contributed by atoms with E-state index in [1.165, 1.54) is 16.8 Å². The van der Waals surface area contributed by atoms with Crippen LogP contribution in [0.25, 0.3) is 0 Å². The van der Waals surface area contributed by atoms with Gasteiger partial charge in [0.25, 0.3) is 0 Å². The number of carbonyl (C=O) groups excluding carboxylic acids is 1. The normalized spacial score (nSPS) is 21.1. The molecule has 2 aromatic rings. The number of anilines is 2. The highest BCUT2D eigenvalue weighted by Crippen LogP contribution is 2.33. The first kappa shape index (κ1) is 18.8. The van der Waals surface area contributed by atoms with Gasteiger partial charge in [0.1, 0.15) is 5.82 Å². The highest BCUT2D eigenvalue weighted by Gasteiger charge is 2.32. The molecule has 0 bridgehead atoms. The van der Waals surface area contributed by atoms with Gasteiger partial charge in [0.05, 0.1) is 0 Å². The van der Waals surface area contributed by atoms with E-state index < -0.39 is 0 Å². The molecule has 1 aromatic heterocycles. The molecule has 0 radical (unpaired) electrons. The van der Waals surface area contributed by atoms with Crippen molar-refractivity contribution in [2.24, 2.45) is 5.92 Å². The maximum Gasteiger partial charge on any atom is 0.222 e. The van der Waals surface area contributed by atoms with Gasteiger partial charge in [-0.15, -0.1) is 0 Å². The van der Waals surface area contributed by atoms with Gasteiger partial charge in [0.15, 0.2) is 0 Å². The SMILES string of the molecule is C[C@@H]1CCN(C(=O)CCc2ccccc2)CC1N(C)c1ccnc2c1CCN2. The number of nitrogens with zero attached hydrogens (tertiary/aromatic N) is 3. The van der Waals surface area contributed by atoms with Gasteiger partial charge >= 0.3 is 0 Å². The number of likely N-dealkylation sites (tertiary alicyclic amines) is 1. The number of hydrogen-bond acceptors (Lipinski definition) is 4. The molecule has 4 rings (SSSR count). The maximum absolute atomic E-state index is 12.9. The fraction of sp³-hybridized carbons (Fsp3) is 0.478. The Morgan fingerprint density at radius 1 is 1.29 bits per heavy atom. The molecule has 3 heterocycles. The standard InChI is InChI=1S/C23H30N4O/c1-17-12-15-27(22(28)9-8-18-6-4-3-5-7-18)16-21(17)26(2)20-11-14-25-23-19(20)10-13-24-23/h3-7,11,14,17,21H,8-10,12-13,15-16H2,1-2H3,(H,24,25)/t17-,21?/m1/s1. The minimum absolute atomic E-state index is 0.274. The zero-order valence-corrected chi connectivity index (χ0v) is 16.9. The van der Waals surface area contributed by atoms with Crippen molar-refractivity contribution >= 4 is 17.4 Å². The number of amides is 1. The molecule has 1 N–H and O–H groups in total. The summed E-state index contributed by atoms with van der Waals surface area (Å²) in [5, 5.41) is 3.37. The minimum Gasteiger partial charge on any atom is -0.369 e. The van der Waals surface area contributed by atoms with E-state index in [0.29, 0.717) is 18.4 Å². The van der Waals surface area contributed by atoms with Crippen LogP contribution in [-0.2, 0) is 17.6 Å². The molecular formula is C23H30N4O. The van der Waals surface area contributed by atoms with Gasteiger partial charge in [-0.2, -0.15) is 0 Å². The highest BCUT2D eigenvalue weighted by molar-refractivity contribution is 5.77. The van der Waals surface area contributed by atoms with Crippen molar-refractivity contribution in [1.29, 1.82) is 0 Å². The van der Waals surface area contributed by atoms with E-state index in [-0.39, 0.29) is 5.91 Å². The number of carbonyl (C=O) groups is 1. The quantitative estimate of drug-likeness (QED) is 0.867. The molecule has 2 atom stereocenters. The molecule has 0 saturated carbocycles. The summed E-state index contributed by atoms with van der Waals surface area (Å²) in [4.78, 5) is 21.8. The van der Waals surface area contributed by atoms with Crippen LogP contribution in [0.2, 0.25) is 0 Å². The maximum atomic E-state index is 12.9. The second kappa shape index (κ2) is 8.21. The predicted molar refractivity (Wildman–Crippen MR) is 114 cm³/mol. The van der Waals surface area contributed by atoms with Crippen LogP contribution in [0, 0.1) is 5.92 Å². The third-order valence-corrected chi connectivity index (χ3v) is 6.32. The van der Waals surface area contributed by atoms with Crippen LogP contribution in [0.4, 0.5) is 11.5 Å². The van der Waals surface area contributed by atoms with Crippen LogP contribution in [0.5, 0.6) is 0 Å². The van der Waals surface area contributed by atoms with Crippen molar-refractivity contribution in [2.45, 2.75) is 38.6 Å². The summed E-state index contributed by atoms with van der Waals surface area (Å²) in [7, 11) is 2.17. The lowest BCUT2D eigenvalue weighted by Crippen LogP contribution is -2.52. The Morgan fingerprint density at radius 2 is 2.11 bits per heavy atom. The first-order chi connectivity index (χ1) is 13.6. The molecule has 148 valence electrons. The first-order valence-corrected chi connectivity index (χ1v) is 10.4. The van der Waals surface area contributed by atoms with Gasteiger partial charge < -0.3 is 15.1 Å². The first-order valence-electron chi connectivity index (χ1n) is 10.4. The molecule has 28 heavy (non-hydrogen) atoms. The van der Waals surface area contributed by atoms with Crippen LogP contribution in [0.1, 0.15) is 30.9 Å². The second-order valence-corrected chi connectivity index (χ2v) is 8.10. The van der Waals surface area contributed by atoms with Crippen LogP contribution >= 0.6 is 0 Å². The Balaban J connectivity index is 1.43. The Bertz CT molecular complexity index is 823. The van der Waals surface area contributed by atoms with E-state index in [1.807, 2.05) is 24.4 Å². The summed E-state index contributed by atoms with van der Waals surface area (Å²) in [5.74, 6) is 1.85. The van der Waals surface area contributed by atoms with Gasteiger partial charge in [-0.1, -0.05) is 37.3 Å². The van der Waals surface area contributed by atoms with Gasteiger partial charge in [-0.25, -0.2) is 4.98 Å². The number of likely N-dealkylation sites (N-methyl/N-ethyl adjacent to an activating group) is 1. The van der Waals surface area contributed by atoms with E-state index in [0.717, 1.165) is 44.7 Å². The number of nitrogens with one attached hydrogen (secondary N) is 1. The molecule has 0 spiro atoms. The van der Waals surface area contributed by atoms with Crippen LogP contribution in [0.15, 0.2) is 42.6 Å². The number of rotatable bonds is 5. The summed E-state index contributed by atoms with van der Waals surface area (Å²) in [5.41, 5.74) is 3.80. The molecule has 5 heteroatoms. The fourth-order valence-electron chi connectivity index (χ4n) is 4.53. The van der Waals surface area contributed by atoms with Crippen molar-refractivity contribution in [1.82, 2.24) is 9.88 Å². The van der Waals surface area contributed by atoms with Crippen LogP contribution in [0.3, 0.4) is 0 Å². The number of piperidine rings is 1. The van der Waals surface area contributed by atoms with Gasteiger partial charge in [0, 0.05) is 56.6 Å². The Kier molecular flexibility index (Phi) is 5.51. The molecule has 1 saturated heterocycles. The van der Waals surface area contributed by atoms with E-state index in [4.69, 9.17) is 0 Å². The summed E-state index contributed by atoms with van der Waals surface area (Å²) >= 11 is 0. The Labute approximate surface area is 167 Å². The third kappa shape index (κ3) is 3.84. The third-order valence-electron chi connectivity index (χ3n) is 6.32. The van der Waals surface area contributed by atoms with E-state index >= 15 is 0 Å². The van der Waals surface area contributed by atoms with Gasteiger partial charge in [-0.3, -0.25) is 4.79 Å². The monoisotopic (exact) mass is 378 g/mol. The number of fused-ring (bicyclic) bond motifs is 1. The highest BCUT2D eigenvalue weighted by atomic mass is 16.2. The van der Waals surface area contributed by atoms with Crippen LogP contribution in [-0.4, -0.2) is 48.5 Å². The number of aryl methyl sites for hydroxylation is 1. The number of benzene rings is 1. The lowest BCUT2D eigenvalue weighted by atomic mass is 9.91. The molecule has 5 nitrogen and oxygen atoms in total. The molecule has 1 aromatic carbocycles. The summed E-state index contributed by atoms with van der Waals surface area (Å²) < 4.78 is 0. The fourth-order valence-corrected chi connectivity index (χ4v) is 4.53. The minimum atomic E-state index is 0.274. The smallest absolute Gasteiger partial charge is 0.222 e. The zero-order chi connectivity index (χ0) is 19.5. The summed E-state index contributed by atoms with van der Waals surface area (Å²) in [6.45, 7) is 4.94. The largest absolute Gasteiger partial charge is 0.369 e. The summed E-state index contributed by atoms with van der Waals surface area (Å²) in [6.07, 6.45) is 5.36. The average Bonchev–Trinajstić information content (AvgIpc) is 3.21. The molecule has 1 fully saturated rings. The average molecular weight is 379 g/mol. The molecular weight excluding hydrogens is 348 g/mol. The van der Waals surface area contributed by atoms with E-state index in [1.54, 1.807) is 0 Å².